The predicted molar refractivity (Wildman–Crippen MR) is 230 cm³/mol. The average Bonchev–Trinajstić information content (AvgIpc) is 3.98. The van der Waals surface area contributed by atoms with Gasteiger partial charge >= 0.3 is 0 Å². The van der Waals surface area contributed by atoms with Crippen molar-refractivity contribution in [2.75, 3.05) is 20.1 Å². The van der Waals surface area contributed by atoms with Gasteiger partial charge in [0.2, 0.25) is 0 Å². The van der Waals surface area contributed by atoms with Gasteiger partial charge in [0.1, 0.15) is 0 Å². The van der Waals surface area contributed by atoms with Crippen LogP contribution in [0.25, 0.3) is 55.8 Å². The molecule has 0 N–H and O–H groups in total. The zero-order valence-corrected chi connectivity index (χ0v) is 33.5. The fourth-order valence-electron chi connectivity index (χ4n) is 10.0. The number of hydrogen-bond acceptors (Lipinski definition) is 3. The van der Waals surface area contributed by atoms with E-state index in [2.05, 4.69) is 144 Å². The van der Waals surface area contributed by atoms with Crippen molar-refractivity contribution in [3.05, 3.63) is 127 Å². The molecule has 6 heteroatoms. The maximum absolute atomic E-state index is 2.70. The summed E-state index contributed by atoms with van der Waals surface area (Å²) < 4.78 is 7.43. The van der Waals surface area contributed by atoms with Crippen molar-refractivity contribution < 1.29 is 0 Å². The molecule has 5 nitrogen and oxygen atoms in total. The fraction of sp³-hybridized carbons (Fsp3) is 0.333. The Morgan fingerprint density at radius 3 is 2.31 bits per heavy atom. The number of hydrogen-bond donors (Lipinski definition) is 0. The number of benzene rings is 3. The van der Waals surface area contributed by atoms with Crippen LogP contribution in [0.15, 0.2) is 72.9 Å². The van der Waals surface area contributed by atoms with Crippen LogP contribution in [0.3, 0.4) is 0 Å². The van der Waals surface area contributed by atoms with Gasteiger partial charge in [-0.05, 0) is 136 Å². The highest BCUT2D eigenvalue weighted by Gasteiger charge is 2.29. The largest absolute Gasteiger partial charge is 0.351 e. The number of thiophene rings is 1. The highest BCUT2D eigenvalue weighted by atomic mass is 32.1. The molecule has 3 aromatic carbocycles. The minimum Gasteiger partial charge on any atom is -0.351 e. The van der Waals surface area contributed by atoms with Crippen molar-refractivity contribution in [2.45, 2.75) is 79.4 Å². The average molecular weight is 730 g/mol. The minimum atomic E-state index is 0.995. The van der Waals surface area contributed by atoms with Crippen molar-refractivity contribution in [2.24, 2.45) is 7.05 Å². The van der Waals surface area contributed by atoms with Crippen molar-refractivity contribution in [1.29, 1.82) is 0 Å². The van der Waals surface area contributed by atoms with Crippen molar-refractivity contribution >= 4 is 67.1 Å². The standard InChI is InChI=1S/C48H51N5S/c1-30-10-13-43-38(22-30)40-28-49(5)19-17-44(40)52(43)26-33(4)48-32(3)24-36(54-48)27-51-21-18-47-41(29-51)39-23-31(2)11-14-46(39)53(47)45-9-7-8-37(45)34-12-15-42-35(25-34)16-20-50(42)6/h10-16,20,22-26H,7-9,17-19,21,27-29H2,1-6H3. The van der Waals surface area contributed by atoms with Crippen LogP contribution in [-0.4, -0.2) is 43.6 Å². The van der Waals surface area contributed by atoms with Gasteiger partial charge in [0.15, 0.2) is 0 Å². The Bertz CT molecular complexity index is 2700. The van der Waals surface area contributed by atoms with Gasteiger partial charge in [0.05, 0.1) is 11.0 Å². The molecular weight excluding hydrogens is 679 g/mol. The second-order valence-electron chi connectivity index (χ2n) is 16.6. The van der Waals surface area contributed by atoms with Crippen LogP contribution in [0.1, 0.15) is 80.7 Å². The molecule has 2 aliphatic heterocycles. The normalized spacial score (nSPS) is 17.1. The Balaban J connectivity index is 0.965. The van der Waals surface area contributed by atoms with E-state index >= 15 is 0 Å². The third-order valence-corrected chi connectivity index (χ3v) is 14.0. The number of fused-ring (bicyclic) bond motifs is 7. The van der Waals surface area contributed by atoms with E-state index in [1.165, 1.54) is 110 Å². The lowest BCUT2D eigenvalue weighted by molar-refractivity contribution is 0.247. The molecule has 0 spiro atoms. The fourth-order valence-corrected chi connectivity index (χ4v) is 11.2. The Hall–Kier alpha value is -4.62. The topological polar surface area (TPSA) is 21.3 Å². The Kier molecular flexibility index (Phi) is 8.17. The molecular formula is C48H51N5S. The molecule has 0 fully saturated rings. The van der Waals surface area contributed by atoms with Crippen LogP contribution in [-0.2, 0) is 39.5 Å². The summed E-state index contributed by atoms with van der Waals surface area (Å²) in [6.07, 6.45) is 10.3. The second-order valence-corrected chi connectivity index (χ2v) is 17.7. The first-order valence-electron chi connectivity index (χ1n) is 19.9. The molecule has 274 valence electrons. The summed E-state index contributed by atoms with van der Waals surface area (Å²) in [5.74, 6) is 0. The third kappa shape index (κ3) is 5.56. The summed E-state index contributed by atoms with van der Waals surface area (Å²) in [6.45, 7) is 14.3. The summed E-state index contributed by atoms with van der Waals surface area (Å²) in [5, 5.41) is 4.19. The smallest absolute Gasteiger partial charge is 0.0531 e. The van der Waals surface area contributed by atoms with E-state index < -0.39 is 0 Å². The van der Waals surface area contributed by atoms with Gasteiger partial charge in [-0.15, -0.1) is 11.3 Å². The molecule has 0 radical (unpaired) electrons. The lowest BCUT2D eigenvalue weighted by atomic mass is 10.0. The number of aromatic nitrogens is 3. The van der Waals surface area contributed by atoms with E-state index in [-0.39, 0.29) is 0 Å². The first-order chi connectivity index (χ1) is 26.2. The van der Waals surface area contributed by atoms with Gasteiger partial charge < -0.3 is 18.6 Å². The van der Waals surface area contributed by atoms with E-state index in [4.69, 9.17) is 0 Å². The van der Waals surface area contributed by atoms with E-state index in [0.29, 0.717) is 0 Å². The predicted octanol–water partition coefficient (Wildman–Crippen LogP) is 11.2. The van der Waals surface area contributed by atoms with E-state index in [1.807, 2.05) is 11.3 Å². The maximum atomic E-state index is 2.70. The SMILES string of the molecule is CC(=Cn1c2c(c3cc(C)ccc31)CN(C)CC2)c1sc(CN2CCc3c(c4cc(C)ccc4n3C3=C(c4ccc5c(ccn5C)c4)CCC3)C2)cc1C. The van der Waals surface area contributed by atoms with Crippen molar-refractivity contribution in [3.8, 4) is 0 Å². The maximum Gasteiger partial charge on any atom is 0.0531 e. The van der Waals surface area contributed by atoms with Gasteiger partial charge in [-0.2, -0.15) is 0 Å². The zero-order chi connectivity index (χ0) is 36.8. The molecule has 0 atom stereocenters. The molecule has 10 rings (SSSR count). The van der Waals surface area contributed by atoms with Gasteiger partial charge in [-0.3, -0.25) is 4.90 Å². The molecule has 1 aliphatic carbocycles. The number of aryl methyl sites for hydroxylation is 4. The monoisotopic (exact) mass is 729 g/mol. The van der Waals surface area contributed by atoms with Crippen LogP contribution in [0, 0.1) is 20.8 Å². The zero-order valence-electron chi connectivity index (χ0n) is 32.7. The summed E-state index contributed by atoms with van der Waals surface area (Å²) in [7, 11) is 4.39. The molecule has 0 unspecified atom stereocenters. The molecule has 7 aromatic rings. The number of likely N-dealkylation sites (N-methyl/N-ethyl adjacent to an activating group) is 1. The summed E-state index contributed by atoms with van der Waals surface area (Å²) in [6, 6.07) is 25.9. The second kappa shape index (κ2) is 13.0. The van der Waals surface area contributed by atoms with Gasteiger partial charge in [-0.25, -0.2) is 0 Å². The molecule has 54 heavy (non-hydrogen) atoms. The first-order valence-corrected chi connectivity index (χ1v) is 20.7. The lowest BCUT2D eigenvalue weighted by Crippen LogP contribution is -2.30. The van der Waals surface area contributed by atoms with E-state index in [1.54, 1.807) is 0 Å². The summed E-state index contributed by atoms with van der Waals surface area (Å²) >= 11 is 2.00. The molecule has 0 saturated carbocycles. The number of allylic oxidation sites excluding steroid dienone is 3. The summed E-state index contributed by atoms with van der Waals surface area (Å²) in [5.41, 5.74) is 20.0. The van der Waals surface area contributed by atoms with E-state index in [9.17, 15) is 0 Å². The van der Waals surface area contributed by atoms with Crippen LogP contribution in [0.4, 0.5) is 0 Å². The molecule has 4 aromatic heterocycles. The highest BCUT2D eigenvalue weighted by molar-refractivity contribution is 7.13. The van der Waals surface area contributed by atoms with Crippen LogP contribution in [0.2, 0.25) is 0 Å². The first kappa shape index (κ1) is 33.9. The van der Waals surface area contributed by atoms with Gasteiger partial charge in [0, 0.05) is 114 Å². The van der Waals surface area contributed by atoms with Crippen LogP contribution < -0.4 is 0 Å². The van der Waals surface area contributed by atoms with Crippen molar-refractivity contribution in [1.82, 2.24) is 23.5 Å². The highest BCUT2D eigenvalue weighted by Crippen LogP contribution is 2.43. The molecule has 6 heterocycles. The van der Waals surface area contributed by atoms with Crippen LogP contribution in [0.5, 0.6) is 0 Å². The summed E-state index contributed by atoms with van der Waals surface area (Å²) in [4.78, 5) is 8.04. The Morgan fingerprint density at radius 1 is 0.741 bits per heavy atom. The lowest BCUT2D eigenvalue weighted by Gasteiger charge is -2.28. The van der Waals surface area contributed by atoms with Crippen molar-refractivity contribution in [3.63, 3.8) is 0 Å². The number of rotatable bonds is 6. The number of nitrogens with zero attached hydrogens (tertiary/aromatic N) is 5. The van der Waals surface area contributed by atoms with Crippen LogP contribution >= 0.6 is 11.3 Å². The van der Waals surface area contributed by atoms with E-state index in [0.717, 1.165) is 58.4 Å². The third-order valence-electron chi connectivity index (χ3n) is 12.6. The molecule has 0 saturated heterocycles. The molecule has 0 amide bonds. The molecule has 3 aliphatic rings. The Labute approximate surface area is 323 Å². The van der Waals surface area contributed by atoms with Gasteiger partial charge in [0.25, 0.3) is 0 Å². The minimum absolute atomic E-state index is 0.995. The molecule has 0 bridgehead atoms. The quantitative estimate of drug-likeness (QED) is 0.170. The van der Waals surface area contributed by atoms with Gasteiger partial charge in [-0.1, -0.05) is 29.3 Å². The Morgan fingerprint density at radius 2 is 1.48 bits per heavy atom.